The predicted octanol–water partition coefficient (Wildman–Crippen LogP) is 0.920. The lowest BCUT2D eigenvalue weighted by Gasteiger charge is -2.42. The number of rotatable bonds is 3. The first-order chi connectivity index (χ1) is 4.69. The molecular formula is C8H16O2. The molecule has 0 saturated heterocycles. The highest BCUT2D eigenvalue weighted by atomic mass is 16.3. The standard InChI is InChI=1S/C8H16O2/c1-8(4-2-5-8)7(10)3-6-9/h7,9-10H,2-6H2,1H3/t7-/m0/s1. The van der Waals surface area contributed by atoms with Gasteiger partial charge in [0.1, 0.15) is 0 Å². The summed E-state index contributed by atoms with van der Waals surface area (Å²) in [4.78, 5) is 0. The molecule has 0 heterocycles. The molecule has 2 N–H and O–H groups in total. The molecule has 2 nitrogen and oxygen atoms in total. The molecule has 1 atom stereocenters. The van der Waals surface area contributed by atoms with E-state index < -0.39 is 0 Å². The molecule has 2 heteroatoms. The fourth-order valence-electron chi connectivity index (χ4n) is 1.54. The van der Waals surface area contributed by atoms with Crippen molar-refractivity contribution < 1.29 is 10.2 Å². The first-order valence-corrected chi connectivity index (χ1v) is 3.98. The molecule has 1 fully saturated rings. The van der Waals surface area contributed by atoms with Crippen molar-refractivity contribution >= 4 is 0 Å². The summed E-state index contributed by atoms with van der Waals surface area (Å²) in [6.07, 6.45) is 3.73. The maximum atomic E-state index is 9.47. The summed E-state index contributed by atoms with van der Waals surface area (Å²) in [5, 5.41) is 18.0. The van der Waals surface area contributed by atoms with E-state index in [9.17, 15) is 5.11 Å². The van der Waals surface area contributed by atoms with Crippen LogP contribution in [0.1, 0.15) is 32.6 Å². The Morgan fingerprint density at radius 3 is 2.40 bits per heavy atom. The van der Waals surface area contributed by atoms with Crippen LogP contribution >= 0.6 is 0 Å². The van der Waals surface area contributed by atoms with E-state index in [1.807, 2.05) is 0 Å². The fraction of sp³-hybridized carbons (Fsp3) is 1.00. The number of hydrogen-bond donors (Lipinski definition) is 2. The van der Waals surface area contributed by atoms with Gasteiger partial charge >= 0.3 is 0 Å². The van der Waals surface area contributed by atoms with Crippen LogP contribution in [-0.4, -0.2) is 22.9 Å². The molecular weight excluding hydrogens is 128 g/mol. The zero-order chi connectivity index (χ0) is 7.61. The lowest BCUT2D eigenvalue weighted by atomic mass is 9.66. The van der Waals surface area contributed by atoms with Gasteiger partial charge in [-0.2, -0.15) is 0 Å². The largest absolute Gasteiger partial charge is 0.396 e. The Morgan fingerprint density at radius 1 is 1.50 bits per heavy atom. The molecule has 0 aromatic heterocycles. The van der Waals surface area contributed by atoms with Crippen molar-refractivity contribution in [1.82, 2.24) is 0 Å². The summed E-state index contributed by atoms with van der Waals surface area (Å²) < 4.78 is 0. The van der Waals surface area contributed by atoms with Crippen molar-refractivity contribution in [3.63, 3.8) is 0 Å². The average Bonchev–Trinajstić information content (AvgIpc) is 1.83. The van der Waals surface area contributed by atoms with Crippen LogP contribution < -0.4 is 0 Å². The molecule has 1 rings (SSSR count). The molecule has 0 bridgehead atoms. The molecule has 1 aliphatic rings. The molecule has 0 aromatic rings. The molecule has 0 aliphatic heterocycles. The van der Waals surface area contributed by atoms with E-state index in [2.05, 4.69) is 6.92 Å². The van der Waals surface area contributed by atoms with Crippen molar-refractivity contribution in [1.29, 1.82) is 0 Å². The second-order valence-corrected chi connectivity index (χ2v) is 3.54. The van der Waals surface area contributed by atoms with E-state index in [4.69, 9.17) is 5.11 Å². The molecule has 1 saturated carbocycles. The summed E-state index contributed by atoms with van der Waals surface area (Å²) in [5.41, 5.74) is 0.128. The Labute approximate surface area is 61.9 Å². The van der Waals surface area contributed by atoms with Crippen molar-refractivity contribution in [2.24, 2.45) is 5.41 Å². The van der Waals surface area contributed by atoms with Gasteiger partial charge in [-0.1, -0.05) is 13.3 Å². The van der Waals surface area contributed by atoms with E-state index >= 15 is 0 Å². The van der Waals surface area contributed by atoms with Crippen molar-refractivity contribution in [2.75, 3.05) is 6.61 Å². The van der Waals surface area contributed by atoms with Crippen LogP contribution in [0.5, 0.6) is 0 Å². The van der Waals surface area contributed by atoms with Gasteiger partial charge in [0.15, 0.2) is 0 Å². The summed E-state index contributed by atoms with van der Waals surface area (Å²) in [6, 6.07) is 0. The Hall–Kier alpha value is -0.0800. The van der Waals surface area contributed by atoms with Crippen LogP contribution in [0.2, 0.25) is 0 Å². The monoisotopic (exact) mass is 144 g/mol. The SMILES string of the molecule is CC1([C@@H](O)CCO)CCC1. The maximum absolute atomic E-state index is 9.47. The summed E-state index contributed by atoms with van der Waals surface area (Å²) >= 11 is 0. The number of aliphatic hydroxyl groups excluding tert-OH is 2. The van der Waals surface area contributed by atoms with Crippen LogP contribution in [0, 0.1) is 5.41 Å². The second kappa shape index (κ2) is 2.89. The Bertz CT molecular complexity index is 108. The molecule has 10 heavy (non-hydrogen) atoms. The highest BCUT2D eigenvalue weighted by molar-refractivity contribution is 4.89. The van der Waals surface area contributed by atoms with Gasteiger partial charge < -0.3 is 10.2 Å². The van der Waals surface area contributed by atoms with Gasteiger partial charge in [-0.3, -0.25) is 0 Å². The van der Waals surface area contributed by atoms with Gasteiger partial charge in [0.25, 0.3) is 0 Å². The number of hydrogen-bond acceptors (Lipinski definition) is 2. The van der Waals surface area contributed by atoms with E-state index in [1.54, 1.807) is 0 Å². The highest BCUT2D eigenvalue weighted by Crippen LogP contribution is 2.44. The number of aliphatic hydroxyl groups is 2. The minimum Gasteiger partial charge on any atom is -0.396 e. The van der Waals surface area contributed by atoms with Gasteiger partial charge in [0, 0.05) is 6.61 Å². The van der Waals surface area contributed by atoms with Crippen LogP contribution in [0.3, 0.4) is 0 Å². The Kier molecular flexibility index (Phi) is 2.32. The highest BCUT2D eigenvalue weighted by Gasteiger charge is 2.38. The van der Waals surface area contributed by atoms with Crippen LogP contribution in [0.15, 0.2) is 0 Å². The third-order valence-corrected chi connectivity index (χ3v) is 2.70. The first-order valence-electron chi connectivity index (χ1n) is 3.98. The van der Waals surface area contributed by atoms with Gasteiger partial charge in [-0.15, -0.1) is 0 Å². The molecule has 0 aromatic carbocycles. The van der Waals surface area contributed by atoms with E-state index in [0.717, 1.165) is 12.8 Å². The summed E-state index contributed by atoms with van der Waals surface area (Å²) in [6.45, 7) is 2.20. The second-order valence-electron chi connectivity index (χ2n) is 3.54. The van der Waals surface area contributed by atoms with E-state index in [1.165, 1.54) is 6.42 Å². The molecule has 0 spiro atoms. The molecule has 0 amide bonds. The molecule has 0 unspecified atom stereocenters. The van der Waals surface area contributed by atoms with Gasteiger partial charge in [0.05, 0.1) is 6.10 Å². The van der Waals surface area contributed by atoms with Crippen LogP contribution in [0.4, 0.5) is 0 Å². The van der Waals surface area contributed by atoms with Crippen molar-refractivity contribution in [3.8, 4) is 0 Å². The quantitative estimate of drug-likeness (QED) is 0.618. The predicted molar refractivity (Wildman–Crippen MR) is 39.7 cm³/mol. The van der Waals surface area contributed by atoms with Crippen LogP contribution in [-0.2, 0) is 0 Å². The van der Waals surface area contributed by atoms with E-state index in [0.29, 0.717) is 6.42 Å². The third kappa shape index (κ3) is 1.32. The zero-order valence-electron chi connectivity index (χ0n) is 6.51. The molecule has 1 aliphatic carbocycles. The smallest absolute Gasteiger partial charge is 0.0615 e. The van der Waals surface area contributed by atoms with Crippen molar-refractivity contribution in [2.45, 2.75) is 38.7 Å². The average molecular weight is 144 g/mol. The normalized spacial score (nSPS) is 25.5. The lowest BCUT2D eigenvalue weighted by Crippen LogP contribution is -2.38. The van der Waals surface area contributed by atoms with Gasteiger partial charge in [0.2, 0.25) is 0 Å². The topological polar surface area (TPSA) is 40.5 Å². The first kappa shape index (κ1) is 8.02. The third-order valence-electron chi connectivity index (χ3n) is 2.70. The summed E-state index contributed by atoms with van der Waals surface area (Å²) in [5.74, 6) is 0. The lowest BCUT2D eigenvalue weighted by molar-refractivity contribution is -0.0324. The van der Waals surface area contributed by atoms with Gasteiger partial charge in [-0.05, 0) is 24.7 Å². The Morgan fingerprint density at radius 2 is 2.10 bits per heavy atom. The molecule has 0 radical (unpaired) electrons. The van der Waals surface area contributed by atoms with Crippen LogP contribution in [0.25, 0.3) is 0 Å². The fourth-order valence-corrected chi connectivity index (χ4v) is 1.54. The summed E-state index contributed by atoms with van der Waals surface area (Å²) in [7, 11) is 0. The maximum Gasteiger partial charge on any atom is 0.0615 e. The minimum atomic E-state index is -0.286. The Balaban J connectivity index is 2.31. The van der Waals surface area contributed by atoms with Crippen molar-refractivity contribution in [3.05, 3.63) is 0 Å². The molecule has 60 valence electrons. The van der Waals surface area contributed by atoms with Gasteiger partial charge in [-0.25, -0.2) is 0 Å². The van der Waals surface area contributed by atoms with E-state index in [-0.39, 0.29) is 18.1 Å². The minimum absolute atomic E-state index is 0.108. The zero-order valence-corrected chi connectivity index (χ0v) is 6.51.